The lowest BCUT2D eigenvalue weighted by molar-refractivity contribution is 0.0826. The molecule has 1 fully saturated rings. The van der Waals surface area contributed by atoms with Crippen LogP contribution in [0.4, 0.5) is 0 Å². The molecule has 0 amide bonds. The van der Waals surface area contributed by atoms with Gasteiger partial charge in [0, 0.05) is 12.5 Å². The van der Waals surface area contributed by atoms with Crippen molar-refractivity contribution in [3.63, 3.8) is 0 Å². The van der Waals surface area contributed by atoms with Gasteiger partial charge in [0.25, 0.3) is 0 Å². The minimum absolute atomic E-state index is 0.180. The van der Waals surface area contributed by atoms with E-state index in [-0.39, 0.29) is 16.2 Å². The predicted molar refractivity (Wildman–Crippen MR) is 107 cm³/mol. The first-order valence-corrected chi connectivity index (χ1v) is 14.9. The smallest absolute Gasteiger partial charge is 0.192 e. The van der Waals surface area contributed by atoms with Crippen LogP contribution in [0.1, 0.15) is 60.8 Å². The van der Waals surface area contributed by atoms with E-state index in [1.54, 1.807) is 0 Å². The molecule has 1 rings (SSSR count). The van der Waals surface area contributed by atoms with Crippen LogP contribution in [0.15, 0.2) is 12.2 Å². The highest BCUT2D eigenvalue weighted by molar-refractivity contribution is 6.74. The molecule has 0 N–H and O–H groups in total. The van der Waals surface area contributed by atoms with Gasteiger partial charge < -0.3 is 8.85 Å². The second-order valence-corrected chi connectivity index (χ2v) is 19.8. The normalized spacial score (nSPS) is 24.9. The van der Waals surface area contributed by atoms with Gasteiger partial charge in [-0.05, 0) is 54.7 Å². The highest BCUT2D eigenvalue weighted by Gasteiger charge is 2.43. The molecule has 1 aliphatic carbocycles. The molecular weight excluding hydrogens is 316 g/mol. The zero-order valence-corrected chi connectivity index (χ0v) is 19.3. The van der Waals surface area contributed by atoms with Crippen LogP contribution in [0.5, 0.6) is 0 Å². The van der Waals surface area contributed by atoms with Gasteiger partial charge in [-0.2, -0.15) is 0 Å². The summed E-state index contributed by atoms with van der Waals surface area (Å²) in [5.41, 5.74) is 1.27. The summed E-state index contributed by atoms with van der Waals surface area (Å²) in [4.78, 5) is 0. The zero-order valence-electron chi connectivity index (χ0n) is 17.3. The van der Waals surface area contributed by atoms with Gasteiger partial charge in [0.15, 0.2) is 16.6 Å². The maximum atomic E-state index is 6.66. The summed E-state index contributed by atoms with van der Waals surface area (Å²) in [6.45, 7) is 27.5. The first kappa shape index (κ1) is 21.1. The average Bonchev–Trinajstić information content (AvgIpc) is 2.29. The van der Waals surface area contributed by atoms with Crippen molar-refractivity contribution in [2.24, 2.45) is 0 Å². The van der Waals surface area contributed by atoms with Gasteiger partial charge in [-0.1, -0.05) is 48.1 Å². The molecule has 136 valence electrons. The van der Waals surface area contributed by atoms with E-state index in [0.29, 0.717) is 6.10 Å². The molecule has 0 aromatic heterocycles. The molecule has 23 heavy (non-hydrogen) atoms. The minimum atomic E-state index is -1.76. The topological polar surface area (TPSA) is 18.5 Å². The maximum Gasteiger partial charge on any atom is 0.192 e. The second kappa shape index (κ2) is 6.77. The summed E-state index contributed by atoms with van der Waals surface area (Å²) in [6.07, 6.45) is 3.63. The van der Waals surface area contributed by atoms with Gasteiger partial charge in [-0.25, -0.2) is 0 Å². The third-order valence-corrected chi connectivity index (χ3v) is 15.3. The van der Waals surface area contributed by atoms with Crippen LogP contribution < -0.4 is 0 Å². The molecule has 0 heterocycles. The molecule has 0 aliphatic heterocycles. The van der Waals surface area contributed by atoms with E-state index in [4.69, 9.17) is 8.85 Å². The molecule has 4 heteroatoms. The fraction of sp³-hybridized carbons (Fsp3) is 0.895. The third kappa shape index (κ3) is 5.28. The number of rotatable bonds is 4. The van der Waals surface area contributed by atoms with Gasteiger partial charge >= 0.3 is 0 Å². The van der Waals surface area contributed by atoms with Gasteiger partial charge in [0.1, 0.15) is 0 Å². The summed E-state index contributed by atoms with van der Waals surface area (Å²) in [6, 6.07) is 0. The molecule has 0 aromatic carbocycles. The van der Waals surface area contributed by atoms with Crippen LogP contribution in [0.25, 0.3) is 0 Å². The summed E-state index contributed by atoms with van der Waals surface area (Å²) in [7, 11) is -3.48. The molecule has 1 saturated carbocycles. The summed E-state index contributed by atoms with van der Waals surface area (Å²) in [5, 5.41) is 0.498. The largest absolute Gasteiger partial charge is 0.414 e. The number of hydrogen-bond donors (Lipinski definition) is 0. The molecular formula is C19H40O2Si2. The van der Waals surface area contributed by atoms with Crippen molar-refractivity contribution in [1.29, 1.82) is 0 Å². The molecule has 1 aliphatic rings. The highest BCUT2D eigenvalue weighted by Crippen LogP contribution is 2.42. The molecule has 0 bridgehead atoms. The van der Waals surface area contributed by atoms with Crippen LogP contribution in [0, 0.1) is 0 Å². The fourth-order valence-corrected chi connectivity index (χ4v) is 5.12. The van der Waals surface area contributed by atoms with E-state index in [1.807, 2.05) is 0 Å². The molecule has 2 nitrogen and oxygen atoms in total. The van der Waals surface area contributed by atoms with Gasteiger partial charge in [0.2, 0.25) is 0 Å². The van der Waals surface area contributed by atoms with Crippen LogP contribution in [0.2, 0.25) is 36.3 Å². The van der Waals surface area contributed by atoms with Crippen molar-refractivity contribution in [2.75, 3.05) is 0 Å². The molecule has 0 spiro atoms. The van der Waals surface area contributed by atoms with E-state index >= 15 is 0 Å². The fourth-order valence-electron chi connectivity index (χ4n) is 2.40. The lowest BCUT2D eigenvalue weighted by Gasteiger charge is -2.45. The molecule has 2 atom stereocenters. The van der Waals surface area contributed by atoms with Crippen LogP contribution in [0.3, 0.4) is 0 Å². The first-order chi connectivity index (χ1) is 10.1. The Labute approximate surface area is 147 Å². The van der Waals surface area contributed by atoms with E-state index in [1.165, 1.54) is 5.57 Å². The average molecular weight is 357 g/mol. The Hall–Kier alpha value is 0.0938. The summed E-state index contributed by atoms with van der Waals surface area (Å²) >= 11 is 0. The van der Waals surface area contributed by atoms with E-state index < -0.39 is 16.6 Å². The highest BCUT2D eigenvalue weighted by atomic mass is 28.4. The van der Waals surface area contributed by atoms with Crippen molar-refractivity contribution < 1.29 is 8.85 Å². The van der Waals surface area contributed by atoms with E-state index in [0.717, 1.165) is 19.3 Å². The van der Waals surface area contributed by atoms with Crippen LogP contribution in [-0.4, -0.2) is 28.8 Å². The Balaban J connectivity index is 2.79. The van der Waals surface area contributed by atoms with Crippen LogP contribution in [-0.2, 0) is 8.85 Å². The van der Waals surface area contributed by atoms with E-state index in [9.17, 15) is 0 Å². The summed E-state index contributed by atoms with van der Waals surface area (Å²) in [5.74, 6) is 0. The monoisotopic (exact) mass is 356 g/mol. The van der Waals surface area contributed by atoms with Gasteiger partial charge in [0.05, 0.1) is 6.10 Å². The Morgan fingerprint density at radius 2 is 1.30 bits per heavy atom. The van der Waals surface area contributed by atoms with Crippen molar-refractivity contribution >= 4 is 16.6 Å². The standard InChI is InChI=1S/C19H40O2Si2/c1-15-12-13-16(20-22(8,9)18(2,3)4)14-17(15)21-23(10,11)19(5,6)7/h16-17H,1,12-14H2,2-11H3/t16-,17-/m1/s1. The SMILES string of the molecule is C=C1CC[C@@H](O[Si](C)(C)C(C)(C)C)C[C@H]1O[Si](C)(C)C(C)(C)C. The van der Waals surface area contributed by atoms with Crippen molar-refractivity contribution in [3.05, 3.63) is 12.2 Å². The van der Waals surface area contributed by atoms with Gasteiger partial charge in [-0.15, -0.1) is 0 Å². The zero-order chi connectivity index (χ0) is 18.3. The lowest BCUT2D eigenvalue weighted by atomic mass is 9.91. The minimum Gasteiger partial charge on any atom is -0.414 e. The molecule has 0 saturated heterocycles. The quantitative estimate of drug-likeness (QED) is 0.422. The van der Waals surface area contributed by atoms with Crippen LogP contribution >= 0.6 is 0 Å². The molecule has 0 unspecified atom stereocenters. The van der Waals surface area contributed by atoms with Crippen molar-refractivity contribution in [1.82, 2.24) is 0 Å². The number of hydrogen-bond acceptors (Lipinski definition) is 2. The summed E-state index contributed by atoms with van der Waals surface area (Å²) < 4.78 is 13.3. The second-order valence-electron chi connectivity index (χ2n) is 10.3. The first-order valence-electron chi connectivity index (χ1n) is 9.10. The Morgan fingerprint density at radius 1 is 0.870 bits per heavy atom. The molecule has 0 aromatic rings. The van der Waals surface area contributed by atoms with Gasteiger partial charge in [-0.3, -0.25) is 0 Å². The predicted octanol–water partition coefficient (Wildman–Crippen LogP) is 6.51. The Kier molecular flexibility index (Phi) is 6.23. The maximum absolute atomic E-state index is 6.66. The third-order valence-electron chi connectivity index (χ3n) is 6.23. The Morgan fingerprint density at radius 3 is 1.74 bits per heavy atom. The Bertz CT molecular complexity index is 428. The lowest BCUT2D eigenvalue weighted by Crippen LogP contribution is -2.49. The van der Waals surface area contributed by atoms with Crippen molar-refractivity contribution in [2.45, 2.75) is 109 Å². The molecule has 0 radical (unpaired) electrons. The van der Waals surface area contributed by atoms with Crippen molar-refractivity contribution in [3.8, 4) is 0 Å². The van der Waals surface area contributed by atoms with E-state index in [2.05, 4.69) is 74.3 Å².